The molecular formula is C3H6N2. The second-order valence-electron chi connectivity index (χ2n) is 0.719. The Bertz CT molecular complexity index is 55.9. The van der Waals surface area contributed by atoms with Gasteiger partial charge in [0.25, 0.3) is 0 Å². The highest BCUT2D eigenvalue weighted by Gasteiger charge is 1.61. The van der Waals surface area contributed by atoms with Crippen LogP contribution < -0.4 is 5.73 Å². The minimum absolute atomic E-state index is 0.296. The summed E-state index contributed by atoms with van der Waals surface area (Å²) in [4.78, 5) is 0. The summed E-state index contributed by atoms with van der Waals surface area (Å²) >= 11 is 0. The number of nitrogens with two attached hydrogens (primary N) is 1. The maximum atomic E-state index is 6.31. The van der Waals surface area contributed by atoms with E-state index in [1.54, 1.807) is 0 Å². The van der Waals surface area contributed by atoms with Crippen LogP contribution in [0.3, 0.4) is 0 Å². The summed E-state index contributed by atoms with van der Waals surface area (Å²) < 4.78 is 0. The van der Waals surface area contributed by atoms with E-state index in [2.05, 4.69) is 6.58 Å². The van der Waals surface area contributed by atoms with Gasteiger partial charge >= 0.3 is 0 Å². The van der Waals surface area contributed by atoms with Gasteiger partial charge in [-0.05, 0) is 0 Å². The van der Waals surface area contributed by atoms with Crippen LogP contribution in [0.5, 0.6) is 0 Å². The van der Waals surface area contributed by atoms with E-state index >= 15 is 0 Å². The first-order valence-electron chi connectivity index (χ1n) is 1.22. The van der Waals surface area contributed by atoms with Crippen molar-refractivity contribution in [2.75, 3.05) is 0 Å². The predicted molar refractivity (Wildman–Crippen MR) is 22.1 cm³/mol. The second-order valence-corrected chi connectivity index (χ2v) is 0.719. The van der Waals surface area contributed by atoms with Gasteiger partial charge in [-0.2, -0.15) is 0 Å². The fourth-order valence-electron chi connectivity index (χ4n) is 0. The minimum atomic E-state index is 0.296. The molecule has 0 atom stereocenters. The fourth-order valence-corrected chi connectivity index (χ4v) is 0. The standard InChI is InChI=1S/C3H6N2/c1-3(5)2-4/h2,4H,1,5H2. The number of rotatable bonds is 1. The van der Waals surface area contributed by atoms with Crippen molar-refractivity contribution in [3.63, 3.8) is 0 Å². The molecule has 0 aromatic carbocycles. The molecule has 0 amide bonds. The van der Waals surface area contributed by atoms with Crippen molar-refractivity contribution in [3.05, 3.63) is 12.3 Å². The average molecular weight is 70.1 g/mol. The summed E-state index contributed by atoms with van der Waals surface area (Å²) in [6.45, 7) is 3.21. The Kier molecular flexibility index (Phi) is 1.28. The normalized spacial score (nSPS) is 6.40. The zero-order valence-corrected chi connectivity index (χ0v) is 2.86. The molecule has 0 aromatic rings. The van der Waals surface area contributed by atoms with Crippen LogP contribution in [0.1, 0.15) is 0 Å². The van der Waals surface area contributed by atoms with Gasteiger partial charge in [0.05, 0.1) is 0 Å². The van der Waals surface area contributed by atoms with Gasteiger partial charge in [0.1, 0.15) is 0 Å². The van der Waals surface area contributed by atoms with Crippen LogP contribution in [0, 0.1) is 5.41 Å². The van der Waals surface area contributed by atoms with Crippen LogP contribution in [0.15, 0.2) is 12.3 Å². The lowest BCUT2D eigenvalue weighted by Gasteiger charge is -1.72. The Hall–Kier alpha value is -0.790. The van der Waals surface area contributed by atoms with Crippen LogP contribution in [-0.2, 0) is 0 Å². The Morgan fingerprint density at radius 3 is 2.20 bits per heavy atom. The summed E-state index contributed by atoms with van der Waals surface area (Å²) in [5.41, 5.74) is 5.15. The van der Waals surface area contributed by atoms with Crippen LogP contribution in [0.2, 0.25) is 0 Å². The van der Waals surface area contributed by atoms with Crippen LogP contribution in [0.4, 0.5) is 0 Å². The largest absolute Gasteiger partial charge is 0.398 e. The van der Waals surface area contributed by atoms with E-state index in [4.69, 9.17) is 11.1 Å². The Morgan fingerprint density at radius 1 is 2.00 bits per heavy atom. The van der Waals surface area contributed by atoms with Crippen LogP contribution in [0.25, 0.3) is 0 Å². The third kappa shape index (κ3) is 3.21. The number of allylic oxidation sites excluding steroid dienone is 1. The highest BCUT2D eigenvalue weighted by molar-refractivity contribution is 5.72. The maximum Gasteiger partial charge on any atom is 0.0419 e. The Balaban J connectivity index is 3.20. The molecular weight excluding hydrogens is 64.0 g/mol. The van der Waals surface area contributed by atoms with E-state index in [-0.39, 0.29) is 0 Å². The first-order valence-corrected chi connectivity index (χ1v) is 1.22. The lowest BCUT2D eigenvalue weighted by molar-refractivity contribution is 1.47. The zero-order valence-electron chi connectivity index (χ0n) is 2.86. The molecule has 0 aliphatic rings. The molecule has 0 aromatic heterocycles. The molecule has 5 heavy (non-hydrogen) atoms. The number of hydrogen-bond acceptors (Lipinski definition) is 2. The zero-order chi connectivity index (χ0) is 4.28. The van der Waals surface area contributed by atoms with E-state index in [0.717, 1.165) is 6.21 Å². The summed E-state index contributed by atoms with van der Waals surface area (Å²) in [7, 11) is 0. The van der Waals surface area contributed by atoms with Gasteiger partial charge in [0.2, 0.25) is 0 Å². The molecule has 0 rings (SSSR count). The molecule has 0 saturated carbocycles. The minimum Gasteiger partial charge on any atom is -0.398 e. The van der Waals surface area contributed by atoms with Gasteiger partial charge in [0.15, 0.2) is 0 Å². The molecule has 2 nitrogen and oxygen atoms in total. The van der Waals surface area contributed by atoms with Gasteiger partial charge in [-0.1, -0.05) is 6.58 Å². The van der Waals surface area contributed by atoms with Crippen molar-refractivity contribution >= 4 is 6.21 Å². The summed E-state index contributed by atoms with van der Waals surface area (Å²) in [5.74, 6) is 0. The van der Waals surface area contributed by atoms with Crippen molar-refractivity contribution in [2.45, 2.75) is 0 Å². The molecule has 0 heterocycles. The molecule has 0 saturated heterocycles. The molecule has 0 radical (unpaired) electrons. The lowest BCUT2D eigenvalue weighted by Crippen LogP contribution is -1.92. The van der Waals surface area contributed by atoms with Crippen molar-refractivity contribution < 1.29 is 0 Å². The van der Waals surface area contributed by atoms with Crippen molar-refractivity contribution in [3.8, 4) is 0 Å². The van der Waals surface area contributed by atoms with Gasteiger partial charge < -0.3 is 11.1 Å². The first kappa shape index (κ1) is 4.21. The fraction of sp³-hybridized carbons (Fsp3) is 0. The predicted octanol–water partition coefficient (Wildman–Crippen LogP) is 0.108. The topological polar surface area (TPSA) is 49.9 Å². The summed E-state index contributed by atoms with van der Waals surface area (Å²) in [5, 5.41) is 6.31. The monoisotopic (exact) mass is 70.1 g/mol. The highest BCUT2D eigenvalue weighted by Crippen LogP contribution is 1.56. The van der Waals surface area contributed by atoms with Gasteiger partial charge in [-0.15, -0.1) is 0 Å². The van der Waals surface area contributed by atoms with Gasteiger partial charge in [0, 0.05) is 11.9 Å². The van der Waals surface area contributed by atoms with E-state index in [1.807, 2.05) is 0 Å². The first-order chi connectivity index (χ1) is 2.27. The van der Waals surface area contributed by atoms with Gasteiger partial charge in [-0.25, -0.2) is 0 Å². The molecule has 0 aliphatic heterocycles. The number of hydrogen-bond donors (Lipinski definition) is 2. The maximum absolute atomic E-state index is 6.31. The smallest absolute Gasteiger partial charge is 0.0419 e. The van der Waals surface area contributed by atoms with E-state index in [9.17, 15) is 0 Å². The van der Waals surface area contributed by atoms with Gasteiger partial charge in [-0.3, -0.25) is 0 Å². The van der Waals surface area contributed by atoms with Crippen molar-refractivity contribution in [1.29, 1.82) is 5.41 Å². The average Bonchev–Trinajstić information content (AvgIpc) is 1.38. The molecule has 28 valence electrons. The third-order valence-electron chi connectivity index (χ3n) is 0.185. The molecule has 2 heteroatoms. The van der Waals surface area contributed by atoms with Crippen LogP contribution in [-0.4, -0.2) is 6.21 Å². The van der Waals surface area contributed by atoms with Crippen molar-refractivity contribution in [2.24, 2.45) is 5.73 Å². The van der Waals surface area contributed by atoms with E-state index < -0.39 is 0 Å². The van der Waals surface area contributed by atoms with Crippen LogP contribution >= 0.6 is 0 Å². The Labute approximate surface area is 30.8 Å². The SMILES string of the molecule is C=C(N)C=N. The number of nitrogens with one attached hydrogen (secondary N) is 1. The summed E-state index contributed by atoms with van der Waals surface area (Å²) in [6, 6.07) is 0. The third-order valence-corrected chi connectivity index (χ3v) is 0.185. The highest BCUT2D eigenvalue weighted by atomic mass is 14.6. The lowest BCUT2D eigenvalue weighted by atomic mass is 10.6. The Morgan fingerprint density at radius 2 is 2.20 bits per heavy atom. The van der Waals surface area contributed by atoms with Crippen molar-refractivity contribution in [1.82, 2.24) is 0 Å². The molecule has 0 bridgehead atoms. The molecule has 0 spiro atoms. The van der Waals surface area contributed by atoms with E-state index in [0.29, 0.717) is 5.70 Å². The van der Waals surface area contributed by atoms with E-state index in [1.165, 1.54) is 0 Å². The summed E-state index contributed by atoms with van der Waals surface area (Å²) in [6.07, 6.45) is 1.00. The molecule has 0 aliphatic carbocycles. The molecule has 3 N–H and O–H groups in total. The molecule has 0 unspecified atom stereocenters. The molecule has 0 fully saturated rings. The second kappa shape index (κ2) is 1.52. The quantitative estimate of drug-likeness (QED) is 0.422.